The van der Waals surface area contributed by atoms with E-state index >= 15 is 0 Å². The zero-order chi connectivity index (χ0) is 21.9. The van der Waals surface area contributed by atoms with Crippen molar-refractivity contribution in [3.63, 3.8) is 0 Å². The first-order valence-electron chi connectivity index (χ1n) is 11.6. The predicted octanol–water partition coefficient (Wildman–Crippen LogP) is 1.73. The highest BCUT2D eigenvalue weighted by Gasteiger charge is 2.34. The highest BCUT2D eigenvalue weighted by molar-refractivity contribution is 5.84. The van der Waals surface area contributed by atoms with Crippen molar-refractivity contribution in [2.45, 2.75) is 38.5 Å². The van der Waals surface area contributed by atoms with Crippen molar-refractivity contribution in [1.82, 2.24) is 20.4 Å². The number of nitrogens with zero attached hydrogens (tertiary/aromatic N) is 3. The molecule has 0 bridgehead atoms. The van der Waals surface area contributed by atoms with Crippen LogP contribution in [-0.2, 0) is 16.0 Å². The quantitative estimate of drug-likeness (QED) is 0.456. The molecule has 1 aromatic rings. The first-order chi connectivity index (χ1) is 15.1. The smallest absolute Gasteiger partial charge is 0.243 e. The number of nitrogens with one attached hydrogen (secondary N) is 2. The molecule has 2 N–H and O–H groups in total. The summed E-state index contributed by atoms with van der Waals surface area (Å²) in [7, 11) is 3.52. The summed E-state index contributed by atoms with van der Waals surface area (Å²) in [6.07, 6.45) is 8.81. The van der Waals surface area contributed by atoms with E-state index in [1.807, 2.05) is 12.1 Å². The van der Waals surface area contributed by atoms with E-state index in [0.29, 0.717) is 12.5 Å². The Balaban J connectivity index is 1.60. The molecule has 0 atom stereocenters. The van der Waals surface area contributed by atoms with Gasteiger partial charge in [-0.1, -0.05) is 19.3 Å². The van der Waals surface area contributed by atoms with E-state index in [-0.39, 0.29) is 17.9 Å². The molecule has 1 aromatic heterocycles. The summed E-state index contributed by atoms with van der Waals surface area (Å²) in [4.78, 5) is 20.8. The van der Waals surface area contributed by atoms with Crippen LogP contribution in [-0.4, -0.2) is 88.2 Å². The van der Waals surface area contributed by atoms with Crippen molar-refractivity contribution >= 4 is 11.9 Å². The van der Waals surface area contributed by atoms with Gasteiger partial charge in [0.25, 0.3) is 0 Å². The average Bonchev–Trinajstić information content (AvgIpc) is 3.30. The van der Waals surface area contributed by atoms with Crippen LogP contribution in [0.4, 0.5) is 0 Å². The van der Waals surface area contributed by atoms with Crippen LogP contribution in [0.5, 0.6) is 0 Å². The minimum Gasteiger partial charge on any atom is -0.469 e. The first kappa shape index (κ1) is 23.6. The van der Waals surface area contributed by atoms with Crippen LogP contribution in [0, 0.1) is 5.41 Å². The summed E-state index contributed by atoms with van der Waals surface area (Å²) in [6, 6.07) is 3.87. The maximum absolute atomic E-state index is 12.1. The zero-order valence-corrected chi connectivity index (χ0v) is 19.2. The second-order valence-corrected chi connectivity index (χ2v) is 9.01. The van der Waals surface area contributed by atoms with E-state index in [1.165, 1.54) is 32.1 Å². The van der Waals surface area contributed by atoms with Gasteiger partial charge in [0.2, 0.25) is 5.91 Å². The summed E-state index contributed by atoms with van der Waals surface area (Å²) in [5.41, 5.74) is 0.241. The van der Waals surface area contributed by atoms with E-state index in [2.05, 4.69) is 20.5 Å². The monoisotopic (exact) mass is 433 g/mol. The minimum absolute atomic E-state index is 0.00664. The lowest BCUT2D eigenvalue weighted by Gasteiger charge is -2.42. The Morgan fingerprint density at radius 2 is 1.97 bits per heavy atom. The van der Waals surface area contributed by atoms with Crippen molar-refractivity contribution in [2.75, 3.05) is 66.6 Å². The third-order valence-electron chi connectivity index (χ3n) is 6.32. The van der Waals surface area contributed by atoms with Gasteiger partial charge in [0, 0.05) is 58.7 Å². The SMILES string of the molecule is CN(C)C(=O)CN=C(NCCc1ccco1)NCC1(CN2CCOCC2)CCCCC1. The van der Waals surface area contributed by atoms with E-state index in [9.17, 15) is 4.79 Å². The second-order valence-electron chi connectivity index (χ2n) is 9.01. The van der Waals surface area contributed by atoms with Gasteiger partial charge < -0.3 is 24.7 Å². The number of rotatable bonds is 9. The lowest BCUT2D eigenvalue weighted by Crippen LogP contribution is -2.51. The third-order valence-corrected chi connectivity index (χ3v) is 6.32. The van der Waals surface area contributed by atoms with Crippen LogP contribution in [0.2, 0.25) is 0 Å². The van der Waals surface area contributed by atoms with E-state index in [0.717, 1.165) is 51.6 Å². The molecule has 1 aliphatic carbocycles. The molecule has 2 fully saturated rings. The number of hydrogen-bond acceptors (Lipinski definition) is 5. The minimum atomic E-state index is -0.00664. The Morgan fingerprint density at radius 1 is 1.19 bits per heavy atom. The van der Waals surface area contributed by atoms with Crippen LogP contribution in [0.3, 0.4) is 0 Å². The molecule has 1 amide bonds. The topological polar surface area (TPSA) is 82.3 Å². The molecular formula is C23H39N5O3. The van der Waals surface area contributed by atoms with Crippen molar-refractivity contribution in [3.05, 3.63) is 24.2 Å². The summed E-state index contributed by atoms with van der Waals surface area (Å²) in [6.45, 7) is 6.50. The van der Waals surface area contributed by atoms with Gasteiger partial charge in [-0.25, -0.2) is 4.99 Å². The molecular weight excluding hydrogens is 394 g/mol. The molecule has 0 aromatic carbocycles. The van der Waals surface area contributed by atoms with Gasteiger partial charge in [0.05, 0.1) is 19.5 Å². The molecule has 1 saturated carbocycles. The van der Waals surface area contributed by atoms with Gasteiger partial charge in [0.1, 0.15) is 12.3 Å². The van der Waals surface area contributed by atoms with Crippen LogP contribution in [0.15, 0.2) is 27.8 Å². The Hall–Kier alpha value is -2.06. The Bertz CT molecular complexity index is 677. The largest absolute Gasteiger partial charge is 0.469 e. The number of hydrogen-bond donors (Lipinski definition) is 2. The Kier molecular flexibility index (Phi) is 9.21. The lowest BCUT2D eigenvalue weighted by atomic mass is 9.73. The molecule has 8 heteroatoms. The number of guanidine groups is 1. The summed E-state index contributed by atoms with van der Waals surface area (Å²) < 4.78 is 11.0. The molecule has 174 valence electrons. The molecule has 1 saturated heterocycles. The molecule has 0 radical (unpaired) electrons. The second kappa shape index (κ2) is 12.1. The number of likely N-dealkylation sites (N-methyl/N-ethyl adjacent to an activating group) is 1. The molecule has 31 heavy (non-hydrogen) atoms. The van der Waals surface area contributed by atoms with Crippen LogP contribution >= 0.6 is 0 Å². The van der Waals surface area contributed by atoms with Crippen molar-refractivity contribution < 1.29 is 13.9 Å². The van der Waals surface area contributed by atoms with Gasteiger partial charge in [-0.05, 0) is 25.0 Å². The molecule has 3 rings (SSSR count). The molecule has 2 aliphatic rings. The number of furan rings is 1. The normalized spacial score (nSPS) is 19.7. The van der Waals surface area contributed by atoms with Gasteiger partial charge in [-0.3, -0.25) is 9.69 Å². The maximum atomic E-state index is 12.1. The fraction of sp³-hybridized carbons (Fsp3) is 0.739. The van der Waals surface area contributed by atoms with Crippen molar-refractivity contribution in [3.8, 4) is 0 Å². The van der Waals surface area contributed by atoms with E-state index in [1.54, 1.807) is 25.3 Å². The van der Waals surface area contributed by atoms with Crippen molar-refractivity contribution in [2.24, 2.45) is 10.4 Å². The highest BCUT2D eigenvalue weighted by Crippen LogP contribution is 2.36. The Labute approximate surface area is 186 Å². The number of morpholine rings is 1. The third kappa shape index (κ3) is 7.85. The predicted molar refractivity (Wildman–Crippen MR) is 122 cm³/mol. The highest BCUT2D eigenvalue weighted by atomic mass is 16.5. The molecule has 1 aliphatic heterocycles. The van der Waals surface area contributed by atoms with Crippen molar-refractivity contribution in [1.29, 1.82) is 0 Å². The molecule has 0 unspecified atom stereocenters. The zero-order valence-electron chi connectivity index (χ0n) is 19.2. The average molecular weight is 434 g/mol. The standard InChI is InChI=1S/C23H39N5O3/c1-27(2)21(29)17-25-22(24-11-8-20-7-6-14-31-20)26-18-23(9-4-3-5-10-23)19-28-12-15-30-16-13-28/h6-7,14H,3-5,8-13,15-19H2,1-2H3,(H2,24,25,26). The van der Waals surface area contributed by atoms with Gasteiger partial charge in [-0.2, -0.15) is 0 Å². The fourth-order valence-corrected chi connectivity index (χ4v) is 4.42. The molecule has 8 nitrogen and oxygen atoms in total. The summed E-state index contributed by atoms with van der Waals surface area (Å²) in [5, 5.41) is 6.96. The van der Waals surface area contributed by atoms with Gasteiger partial charge >= 0.3 is 0 Å². The maximum Gasteiger partial charge on any atom is 0.243 e. The van der Waals surface area contributed by atoms with Crippen LogP contribution in [0.25, 0.3) is 0 Å². The number of aliphatic imine (C=N–C) groups is 1. The molecule has 2 heterocycles. The summed E-state index contributed by atoms with van der Waals surface area (Å²) >= 11 is 0. The van der Waals surface area contributed by atoms with E-state index < -0.39 is 0 Å². The number of carbonyl (C=O) groups is 1. The molecule has 0 spiro atoms. The first-order valence-corrected chi connectivity index (χ1v) is 11.6. The number of carbonyl (C=O) groups excluding carboxylic acids is 1. The van der Waals surface area contributed by atoms with Gasteiger partial charge in [-0.15, -0.1) is 0 Å². The Morgan fingerprint density at radius 3 is 2.65 bits per heavy atom. The fourth-order valence-electron chi connectivity index (χ4n) is 4.42. The number of ether oxygens (including phenoxy) is 1. The van der Waals surface area contributed by atoms with Gasteiger partial charge in [0.15, 0.2) is 5.96 Å². The lowest BCUT2D eigenvalue weighted by molar-refractivity contribution is -0.127. The summed E-state index contributed by atoms with van der Waals surface area (Å²) in [5.74, 6) is 1.63. The van der Waals surface area contributed by atoms with E-state index in [4.69, 9.17) is 9.15 Å². The number of amides is 1. The van der Waals surface area contributed by atoms with Crippen LogP contribution < -0.4 is 10.6 Å². The van der Waals surface area contributed by atoms with Crippen LogP contribution in [0.1, 0.15) is 37.9 Å².